The summed E-state index contributed by atoms with van der Waals surface area (Å²) in [4.78, 5) is 1.34. The van der Waals surface area contributed by atoms with Gasteiger partial charge in [0, 0.05) is 12.0 Å². The van der Waals surface area contributed by atoms with E-state index in [0.29, 0.717) is 0 Å². The van der Waals surface area contributed by atoms with Crippen LogP contribution in [0.4, 0.5) is 0 Å². The fourth-order valence-electron chi connectivity index (χ4n) is 1.14. The fourth-order valence-corrected chi connectivity index (χ4v) is 3.79. The average molecular weight is 412 g/mol. The Balaban J connectivity index is 2.53. The summed E-state index contributed by atoms with van der Waals surface area (Å²) in [5.74, 6) is 0. The molecule has 3 heteroatoms. The largest absolute Gasteiger partial charge is 0.144 e. The van der Waals surface area contributed by atoms with Gasteiger partial charge in [-0.2, -0.15) is 0 Å². The first kappa shape index (κ1) is 9.92. The third-order valence-electron chi connectivity index (χ3n) is 1.67. The maximum atomic E-state index is 2.36. The van der Waals surface area contributed by atoms with Crippen LogP contribution >= 0.6 is 56.5 Å². The van der Waals surface area contributed by atoms with E-state index in [0.717, 1.165) is 0 Å². The monoisotopic (exact) mass is 412 g/mol. The second-order valence-electron chi connectivity index (χ2n) is 2.64. The van der Waals surface area contributed by atoms with E-state index in [-0.39, 0.29) is 0 Å². The standard InChI is InChI=1S/C10H6I2S/c11-8-4-7(5-9(12)6-8)10-2-1-3-13-10/h1-6H. The normalized spacial score (nSPS) is 10.3. The van der Waals surface area contributed by atoms with E-state index < -0.39 is 0 Å². The lowest BCUT2D eigenvalue weighted by Crippen LogP contribution is -1.78. The van der Waals surface area contributed by atoms with Gasteiger partial charge in [-0.1, -0.05) is 6.07 Å². The van der Waals surface area contributed by atoms with Crippen molar-refractivity contribution in [1.82, 2.24) is 0 Å². The summed E-state index contributed by atoms with van der Waals surface area (Å²) in [5.41, 5.74) is 1.33. The first-order valence-electron chi connectivity index (χ1n) is 3.76. The molecule has 1 heterocycles. The van der Waals surface area contributed by atoms with E-state index in [2.05, 4.69) is 80.9 Å². The summed E-state index contributed by atoms with van der Waals surface area (Å²) in [6, 6.07) is 10.9. The number of halogens is 2. The zero-order chi connectivity index (χ0) is 9.26. The molecule has 0 aliphatic carbocycles. The lowest BCUT2D eigenvalue weighted by atomic mass is 10.2. The van der Waals surface area contributed by atoms with Gasteiger partial charge >= 0.3 is 0 Å². The Hall–Kier alpha value is 0.380. The Morgan fingerprint density at radius 3 is 2.23 bits per heavy atom. The summed E-state index contributed by atoms with van der Waals surface area (Å²) in [5, 5.41) is 2.11. The van der Waals surface area contributed by atoms with Gasteiger partial charge in [0.25, 0.3) is 0 Å². The topological polar surface area (TPSA) is 0 Å². The molecule has 0 radical (unpaired) electrons. The van der Waals surface area contributed by atoms with Crippen LogP contribution in [-0.4, -0.2) is 0 Å². The van der Waals surface area contributed by atoms with Crippen molar-refractivity contribution in [2.24, 2.45) is 0 Å². The van der Waals surface area contributed by atoms with Crippen molar-refractivity contribution >= 4 is 56.5 Å². The Morgan fingerprint density at radius 2 is 1.69 bits per heavy atom. The Labute approximate surface area is 109 Å². The van der Waals surface area contributed by atoms with Gasteiger partial charge in [-0.3, -0.25) is 0 Å². The van der Waals surface area contributed by atoms with Crippen LogP contribution in [-0.2, 0) is 0 Å². The minimum atomic E-state index is 1.30. The zero-order valence-electron chi connectivity index (χ0n) is 6.63. The molecule has 0 unspecified atom stereocenters. The third kappa shape index (κ3) is 2.44. The number of thiophene rings is 1. The molecule has 0 nitrogen and oxygen atoms in total. The molecule has 0 atom stereocenters. The maximum Gasteiger partial charge on any atom is 0.0343 e. The van der Waals surface area contributed by atoms with Gasteiger partial charge in [-0.15, -0.1) is 11.3 Å². The Kier molecular flexibility index (Phi) is 3.26. The molecule has 1 aromatic heterocycles. The van der Waals surface area contributed by atoms with E-state index in [1.807, 2.05) is 0 Å². The van der Waals surface area contributed by atoms with Crippen LogP contribution in [0.1, 0.15) is 0 Å². The summed E-state index contributed by atoms with van der Waals surface area (Å²) in [6.45, 7) is 0. The smallest absolute Gasteiger partial charge is 0.0343 e. The molecule has 0 aliphatic rings. The maximum absolute atomic E-state index is 2.36. The van der Waals surface area contributed by atoms with E-state index in [1.165, 1.54) is 17.6 Å². The molecule has 0 saturated heterocycles. The highest BCUT2D eigenvalue weighted by molar-refractivity contribution is 14.1. The summed E-state index contributed by atoms with van der Waals surface area (Å²) >= 11 is 6.50. The first-order chi connectivity index (χ1) is 6.25. The van der Waals surface area contributed by atoms with Crippen molar-refractivity contribution in [2.45, 2.75) is 0 Å². The molecule has 0 N–H and O–H groups in total. The van der Waals surface area contributed by atoms with E-state index in [1.54, 1.807) is 11.3 Å². The van der Waals surface area contributed by atoms with Crippen LogP contribution in [0.3, 0.4) is 0 Å². The summed E-state index contributed by atoms with van der Waals surface area (Å²) in [6.07, 6.45) is 0. The molecular formula is C10H6I2S. The minimum absolute atomic E-state index is 1.30. The molecule has 66 valence electrons. The van der Waals surface area contributed by atoms with Gasteiger partial charge < -0.3 is 0 Å². The van der Waals surface area contributed by atoms with Crippen LogP contribution in [0, 0.1) is 7.14 Å². The highest BCUT2D eigenvalue weighted by Gasteiger charge is 2.00. The van der Waals surface area contributed by atoms with Gasteiger partial charge in [-0.25, -0.2) is 0 Å². The van der Waals surface area contributed by atoms with Crippen molar-refractivity contribution in [2.75, 3.05) is 0 Å². The molecule has 0 saturated carbocycles. The number of hydrogen-bond acceptors (Lipinski definition) is 1. The third-order valence-corrected chi connectivity index (χ3v) is 3.83. The van der Waals surface area contributed by atoms with Gasteiger partial charge in [0.05, 0.1) is 0 Å². The zero-order valence-corrected chi connectivity index (χ0v) is 11.8. The molecule has 0 aliphatic heterocycles. The molecule has 0 spiro atoms. The van der Waals surface area contributed by atoms with E-state index in [9.17, 15) is 0 Å². The van der Waals surface area contributed by atoms with Crippen LogP contribution in [0.25, 0.3) is 10.4 Å². The molecule has 0 fully saturated rings. The number of benzene rings is 1. The molecule has 2 rings (SSSR count). The highest BCUT2D eigenvalue weighted by Crippen LogP contribution is 2.27. The van der Waals surface area contributed by atoms with E-state index >= 15 is 0 Å². The van der Waals surface area contributed by atoms with Gasteiger partial charge in [-0.05, 0) is 80.4 Å². The quantitative estimate of drug-likeness (QED) is 0.600. The van der Waals surface area contributed by atoms with Crippen molar-refractivity contribution in [3.05, 3.63) is 42.9 Å². The van der Waals surface area contributed by atoms with Crippen molar-refractivity contribution in [1.29, 1.82) is 0 Å². The second kappa shape index (κ2) is 4.27. The summed E-state index contributed by atoms with van der Waals surface area (Å²) in [7, 11) is 0. The van der Waals surface area contributed by atoms with Crippen molar-refractivity contribution in [3.63, 3.8) is 0 Å². The van der Waals surface area contributed by atoms with Gasteiger partial charge in [0.1, 0.15) is 0 Å². The summed E-state index contributed by atoms with van der Waals surface area (Å²) < 4.78 is 2.60. The Morgan fingerprint density at radius 1 is 1.00 bits per heavy atom. The lowest BCUT2D eigenvalue weighted by Gasteiger charge is -1.99. The lowest BCUT2D eigenvalue weighted by molar-refractivity contribution is 1.59. The molecular weight excluding hydrogens is 406 g/mol. The fraction of sp³-hybridized carbons (Fsp3) is 0. The number of rotatable bonds is 1. The van der Waals surface area contributed by atoms with Crippen LogP contribution in [0.2, 0.25) is 0 Å². The predicted octanol–water partition coefficient (Wildman–Crippen LogP) is 4.62. The first-order valence-corrected chi connectivity index (χ1v) is 6.79. The van der Waals surface area contributed by atoms with Gasteiger partial charge in [0.2, 0.25) is 0 Å². The average Bonchev–Trinajstić information content (AvgIpc) is 2.53. The van der Waals surface area contributed by atoms with Crippen molar-refractivity contribution in [3.8, 4) is 10.4 Å². The van der Waals surface area contributed by atoms with Gasteiger partial charge in [0.15, 0.2) is 0 Å². The van der Waals surface area contributed by atoms with Crippen molar-refractivity contribution < 1.29 is 0 Å². The highest BCUT2D eigenvalue weighted by atomic mass is 127. The second-order valence-corrected chi connectivity index (χ2v) is 6.07. The molecule has 0 bridgehead atoms. The number of hydrogen-bond donors (Lipinski definition) is 0. The Bertz CT molecular complexity index is 387. The minimum Gasteiger partial charge on any atom is -0.144 e. The predicted molar refractivity (Wildman–Crippen MR) is 75.2 cm³/mol. The molecule has 1 aromatic carbocycles. The van der Waals surface area contributed by atoms with E-state index in [4.69, 9.17) is 0 Å². The molecule has 13 heavy (non-hydrogen) atoms. The van der Waals surface area contributed by atoms with Crippen LogP contribution < -0.4 is 0 Å². The SMILES string of the molecule is Ic1cc(I)cc(-c2cccs2)c1. The molecule has 2 aromatic rings. The van der Waals surface area contributed by atoms with Crippen LogP contribution in [0.5, 0.6) is 0 Å². The molecule has 0 amide bonds. The van der Waals surface area contributed by atoms with Crippen LogP contribution in [0.15, 0.2) is 35.7 Å².